The van der Waals surface area contributed by atoms with Crippen molar-refractivity contribution in [2.24, 2.45) is 5.92 Å². The third-order valence-corrected chi connectivity index (χ3v) is 5.50. The van der Waals surface area contributed by atoms with E-state index in [4.69, 9.17) is 11.6 Å². The van der Waals surface area contributed by atoms with E-state index in [1.807, 2.05) is 0 Å². The molecule has 0 aliphatic carbocycles. The van der Waals surface area contributed by atoms with E-state index >= 15 is 0 Å². The van der Waals surface area contributed by atoms with Crippen LogP contribution in [0, 0.1) is 17.6 Å². The molecule has 1 fully saturated rings. The fraction of sp³-hybridized carbons (Fsp3) is 0.261. The Morgan fingerprint density at radius 3 is 2.72 bits per heavy atom. The Morgan fingerprint density at radius 2 is 1.97 bits per heavy atom. The zero-order chi connectivity index (χ0) is 22.5. The Balaban J connectivity index is 1.49. The second-order valence-electron chi connectivity index (χ2n) is 7.62. The van der Waals surface area contributed by atoms with Crippen molar-refractivity contribution < 1.29 is 13.6 Å². The quantitative estimate of drug-likeness (QED) is 0.503. The van der Waals surface area contributed by atoms with E-state index in [1.54, 1.807) is 24.3 Å². The molecule has 3 heterocycles. The molecule has 1 amide bonds. The normalized spacial score (nSPS) is 15.9. The van der Waals surface area contributed by atoms with E-state index in [2.05, 4.69) is 25.9 Å². The number of rotatable bonds is 6. The van der Waals surface area contributed by atoms with Crippen molar-refractivity contribution >= 4 is 29.1 Å². The highest BCUT2D eigenvalue weighted by Crippen LogP contribution is 2.29. The smallest absolute Gasteiger partial charge is 0.229 e. The second kappa shape index (κ2) is 10.0. The Kier molecular flexibility index (Phi) is 6.92. The van der Waals surface area contributed by atoms with Gasteiger partial charge in [0.1, 0.15) is 23.3 Å². The van der Waals surface area contributed by atoms with Crippen LogP contribution >= 0.6 is 11.6 Å². The minimum atomic E-state index is -0.634. The lowest BCUT2D eigenvalue weighted by molar-refractivity contribution is -0.120. The fourth-order valence-corrected chi connectivity index (χ4v) is 3.80. The van der Waals surface area contributed by atoms with E-state index in [0.29, 0.717) is 40.0 Å². The molecule has 9 heteroatoms. The number of benzene rings is 1. The molecule has 3 aromatic rings. The number of nitrogens with zero attached hydrogens (tertiary/aromatic N) is 2. The number of carbonyl (C=O) groups excluding carboxylic acids is 1. The molecular weight excluding hydrogens is 436 g/mol. The van der Waals surface area contributed by atoms with Crippen LogP contribution in [-0.2, 0) is 11.3 Å². The number of amides is 1. The van der Waals surface area contributed by atoms with Crippen molar-refractivity contribution in [2.75, 3.05) is 23.7 Å². The molecule has 0 bridgehead atoms. The highest BCUT2D eigenvalue weighted by Gasteiger charge is 2.21. The van der Waals surface area contributed by atoms with Gasteiger partial charge in [-0.2, -0.15) is 0 Å². The van der Waals surface area contributed by atoms with E-state index in [9.17, 15) is 13.6 Å². The molecule has 1 unspecified atom stereocenters. The van der Waals surface area contributed by atoms with E-state index in [1.165, 1.54) is 18.3 Å². The van der Waals surface area contributed by atoms with Crippen molar-refractivity contribution in [3.05, 3.63) is 70.9 Å². The van der Waals surface area contributed by atoms with Gasteiger partial charge in [-0.15, -0.1) is 0 Å². The number of hydrogen-bond acceptors (Lipinski definition) is 5. The number of aromatic nitrogens is 2. The maximum Gasteiger partial charge on any atom is 0.229 e. The molecule has 0 saturated carbocycles. The summed E-state index contributed by atoms with van der Waals surface area (Å²) in [5, 5.41) is 9.52. The molecule has 1 aliphatic rings. The second-order valence-corrected chi connectivity index (χ2v) is 8.03. The number of pyridine rings is 2. The maximum atomic E-state index is 13.4. The zero-order valence-electron chi connectivity index (χ0n) is 17.2. The number of piperidine rings is 1. The molecule has 1 saturated heterocycles. The predicted molar refractivity (Wildman–Crippen MR) is 120 cm³/mol. The standard InChI is InChI=1S/C23H22ClF2N5O/c24-19-13-29-22(31-23(32)15-3-2-6-27-12-15)10-18(19)20-4-1-5-21(30-20)28-11-14-7-16(25)9-17(26)8-14/h1,4-5,7-10,13,15,27H,2-3,6,11-12H2,(H,28,30)(H,29,31,32). The van der Waals surface area contributed by atoms with Gasteiger partial charge >= 0.3 is 0 Å². The van der Waals surface area contributed by atoms with Crippen LogP contribution in [-0.4, -0.2) is 29.0 Å². The number of carbonyl (C=O) groups is 1. The van der Waals surface area contributed by atoms with Gasteiger partial charge in [0.15, 0.2) is 0 Å². The van der Waals surface area contributed by atoms with Crippen LogP contribution in [0.25, 0.3) is 11.3 Å². The molecular formula is C23H22ClF2N5O. The summed E-state index contributed by atoms with van der Waals surface area (Å²) in [6.07, 6.45) is 3.27. The highest BCUT2D eigenvalue weighted by atomic mass is 35.5. The fourth-order valence-electron chi connectivity index (χ4n) is 3.60. The SMILES string of the molecule is O=C(Nc1cc(-c2cccc(NCc3cc(F)cc(F)c3)n2)c(Cl)cn1)C1CCCNC1. The minimum absolute atomic E-state index is 0.0799. The average Bonchev–Trinajstić information content (AvgIpc) is 2.79. The summed E-state index contributed by atoms with van der Waals surface area (Å²) < 4.78 is 26.8. The van der Waals surface area contributed by atoms with Crippen molar-refractivity contribution in [3.8, 4) is 11.3 Å². The molecule has 32 heavy (non-hydrogen) atoms. The Hall–Kier alpha value is -3.10. The maximum absolute atomic E-state index is 13.4. The van der Waals surface area contributed by atoms with Gasteiger partial charge < -0.3 is 16.0 Å². The highest BCUT2D eigenvalue weighted by molar-refractivity contribution is 6.33. The van der Waals surface area contributed by atoms with Gasteiger partial charge in [0.05, 0.1) is 16.6 Å². The van der Waals surface area contributed by atoms with Crippen molar-refractivity contribution in [2.45, 2.75) is 19.4 Å². The third kappa shape index (κ3) is 5.57. The van der Waals surface area contributed by atoms with Gasteiger partial charge in [0, 0.05) is 30.9 Å². The molecule has 1 aromatic carbocycles. The van der Waals surface area contributed by atoms with Gasteiger partial charge in [0.25, 0.3) is 0 Å². The van der Waals surface area contributed by atoms with Gasteiger partial charge in [-0.05, 0) is 55.3 Å². The van der Waals surface area contributed by atoms with E-state index in [0.717, 1.165) is 25.5 Å². The molecule has 2 aromatic heterocycles. The van der Waals surface area contributed by atoms with Gasteiger partial charge in [0.2, 0.25) is 5.91 Å². The summed E-state index contributed by atoms with van der Waals surface area (Å²) >= 11 is 6.35. The molecule has 3 N–H and O–H groups in total. The molecule has 0 radical (unpaired) electrons. The van der Waals surface area contributed by atoms with Crippen LogP contribution in [0.4, 0.5) is 20.4 Å². The van der Waals surface area contributed by atoms with Crippen LogP contribution in [0.5, 0.6) is 0 Å². The number of halogens is 3. The van der Waals surface area contributed by atoms with Crippen LogP contribution in [0.3, 0.4) is 0 Å². The largest absolute Gasteiger partial charge is 0.366 e. The summed E-state index contributed by atoms with van der Waals surface area (Å²) in [6.45, 7) is 1.78. The van der Waals surface area contributed by atoms with Crippen LogP contribution in [0.1, 0.15) is 18.4 Å². The molecule has 6 nitrogen and oxygen atoms in total. The van der Waals surface area contributed by atoms with Gasteiger partial charge in [-0.1, -0.05) is 17.7 Å². The predicted octanol–water partition coefficient (Wildman–Crippen LogP) is 4.63. The summed E-state index contributed by atoms with van der Waals surface area (Å²) in [6, 6.07) is 10.4. The molecule has 166 valence electrons. The number of anilines is 2. The van der Waals surface area contributed by atoms with Crippen LogP contribution < -0.4 is 16.0 Å². The summed E-state index contributed by atoms with van der Waals surface area (Å²) in [4.78, 5) is 21.3. The first kappa shape index (κ1) is 22.1. The molecule has 4 rings (SSSR count). The lowest BCUT2D eigenvalue weighted by atomic mass is 9.99. The monoisotopic (exact) mass is 457 g/mol. The molecule has 1 aliphatic heterocycles. The zero-order valence-corrected chi connectivity index (χ0v) is 17.9. The summed E-state index contributed by atoms with van der Waals surface area (Å²) in [5.41, 5.74) is 1.64. The van der Waals surface area contributed by atoms with Crippen molar-refractivity contribution in [1.82, 2.24) is 15.3 Å². The third-order valence-electron chi connectivity index (χ3n) is 5.20. The van der Waals surface area contributed by atoms with Crippen molar-refractivity contribution in [3.63, 3.8) is 0 Å². The topological polar surface area (TPSA) is 78.9 Å². The lowest BCUT2D eigenvalue weighted by Gasteiger charge is -2.21. The first-order chi connectivity index (χ1) is 15.5. The van der Waals surface area contributed by atoms with Gasteiger partial charge in [-0.25, -0.2) is 18.7 Å². The van der Waals surface area contributed by atoms with Crippen LogP contribution in [0.2, 0.25) is 5.02 Å². The Labute approximate surface area is 189 Å². The Bertz CT molecular complexity index is 1100. The Morgan fingerprint density at radius 1 is 1.16 bits per heavy atom. The lowest BCUT2D eigenvalue weighted by Crippen LogP contribution is -2.37. The summed E-state index contributed by atoms with van der Waals surface area (Å²) in [5.74, 6) is -0.530. The molecule has 0 spiro atoms. The van der Waals surface area contributed by atoms with Crippen molar-refractivity contribution in [1.29, 1.82) is 0 Å². The number of hydrogen-bond donors (Lipinski definition) is 3. The van der Waals surface area contributed by atoms with E-state index < -0.39 is 11.6 Å². The van der Waals surface area contributed by atoms with Crippen LogP contribution in [0.15, 0.2) is 48.7 Å². The van der Waals surface area contributed by atoms with E-state index in [-0.39, 0.29) is 18.4 Å². The number of nitrogens with one attached hydrogen (secondary N) is 3. The average molecular weight is 458 g/mol. The first-order valence-electron chi connectivity index (χ1n) is 10.3. The summed E-state index contributed by atoms with van der Waals surface area (Å²) in [7, 11) is 0. The molecule has 1 atom stereocenters. The first-order valence-corrected chi connectivity index (χ1v) is 10.7. The minimum Gasteiger partial charge on any atom is -0.366 e. The van der Waals surface area contributed by atoms with Gasteiger partial charge in [-0.3, -0.25) is 4.79 Å².